The molecule has 5 aliphatic heterocycles. The predicted octanol–water partition coefficient (Wildman–Crippen LogP) is 2.30. The summed E-state index contributed by atoms with van der Waals surface area (Å²) >= 11 is 0. The van der Waals surface area contributed by atoms with Gasteiger partial charge in [0.05, 0.1) is 12.2 Å². The van der Waals surface area contributed by atoms with Gasteiger partial charge in [-0.15, -0.1) is 0 Å². The Morgan fingerprint density at radius 1 is 1.00 bits per heavy atom. The predicted molar refractivity (Wildman–Crippen MR) is 119 cm³/mol. The standard InChI is InChI=1S/C27H30O8/c1-12-17-18(33-21(12)29)16-19-24(4,22(30)25(16,5)31)8-9-26-10-13-11-32-23(2,3)14(13)6-7-15(26)20(28)27(19,34-17)35-26/h6-7,11-12,16-19,31H,8-10H2,1-5H3. The van der Waals surface area contributed by atoms with Gasteiger partial charge >= 0.3 is 5.97 Å². The minimum atomic E-state index is -1.78. The lowest BCUT2D eigenvalue weighted by atomic mass is 9.62. The van der Waals surface area contributed by atoms with Crippen molar-refractivity contribution in [1.82, 2.24) is 0 Å². The Labute approximate surface area is 203 Å². The molecule has 7 rings (SSSR count). The number of carbonyl (C=O) groups excluding carboxylic acids is 3. The SMILES string of the molecule is CC1C(=O)OC2C1OC13OC4(CCC5(C)C(=O)C(C)(O)C2C51)CC1=COC(C)(C)C1=CC=C4C3=O. The molecular formula is C27H30O8. The zero-order valence-corrected chi connectivity index (χ0v) is 20.5. The van der Waals surface area contributed by atoms with Crippen LogP contribution in [0.2, 0.25) is 0 Å². The summed E-state index contributed by atoms with van der Waals surface area (Å²) in [6.07, 6.45) is 5.12. The van der Waals surface area contributed by atoms with E-state index < -0.39 is 63.9 Å². The van der Waals surface area contributed by atoms with Gasteiger partial charge in [0.25, 0.3) is 0 Å². The van der Waals surface area contributed by atoms with Gasteiger partial charge in [-0.05, 0) is 46.1 Å². The largest absolute Gasteiger partial charge is 0.490 e. The molecule has 8 heteroatoms. The van der Waals surface area contributed by atoms with Crippen molar-refractivity contribution < 1.29 is 38.4 Å². The molecule has 5 heterocycles. The molecule has 0 amide bonds. The molecule has 2 bridgehead atoms. The number of rotatable bonds is 0. The molecule has 1 saturated carbocycles. The van der Waals surface area contributed by atoms with Crippen LogP contribution in [0.15, 0.2) is 35.1 Å². The maximum absolute atomic E-state index is 14.4. The van der Waals surface area contributed by atoms with Crippen LogP contribution in [0.5, 0.6) is 0 Å². The molecule has 7 aliphatic rings. The summed E-state index contributed by atoms with van der Waals surface area (Å²) in [6, 6.07) is 0. The molecule has 186 valence electrons. The van der Waals surface area contributed by atoms with Gasteiger partial charge in [-0.3, -0.25) is 14.4 Å². The van der Waals surface area contributed by atoms with Crippen molar-refractivity contribution in [2.24, 2.45) is 23.2 Å². The first-order valence-electron chi connectivity index (χ1n) is 12.5. The molecule has 2 spiro atoms. The smallest absolute Gasteiger partial charge is 0.311 e. The molecule has 9 unspecified atom stereocenters. The molecule has 5 fully saturated rings. The van der Waals surface area contributed by atoms with Gasteiger partial charge in [0.2, 0.25) is 11.6 Å². The van der Waals surface area contributed by atoms with Crippen LogP contribution in [0.1, 0.15) is 53.9 Å². The first-order chi connectivity index (χ1) is 16.3. The average Bonchev–Trinajstić information content (AvgIpc) is 3.27. The number of fused-ring (bicyclic) bond motifs is 3. The molecule has 1 N–H and O–H groups in total. The van der Waals surface area contributed by atoms with Crippen molar-refractivity contribution in [2.45, 2.75) is 88.7 Å². The third-order valence-corrected chi connectivity index (χ3v) is 10.0. The van der Waals surface area contributed by atoms with Gasteiger partial charge in [-0.1, -0.05) is 19.1 Å². The lowest BCUT2D eigenvalue weighted by Crippen LogP contribution is -2.64. The van der Waals surface area contributed by atoms with Crippen LogP contribution in [0.25, 0.3) is 0 Å². The summed E-state index contributed by atoms with van der Waals surface area (Å²) < 4.78 is 25.0. The van der Waals surface area contributed by atoms with Crippen LogP contribution in [0.3, 0.4) is 0 Å². The summed E-state index contributed by atoms with van der Waals surface area (Å²) in [6.45, 7) is 8.94. The second-order valence-corrected chi connectivity index (χ2v) is 12.4. The molecule has 8 nitrogen and oxygen atoms in total. The van der Waals surface area contributed by atoms with E-state index in [0.717, 1.165) is 11.1 Å². The minimum Gasteiger partial charge on any atom is -0.490 e. The Hall–Kier alpha value is -2.29. The summed E-state index contributed by atoms with van der Waals surface area (Å²) in [5, 5.41) is 11.6. The van der Waals surface area contributed by atoms with Gasteiger partial charge in [0, 0.05) is 34.8 Å². The van der Waals surface area contributed by atoms with E-state index in [1.807, 2.05) is 26.0 Å². The highest BCUT2D eigenvalue weighted by atomic mass is 16.7. The van der Waals surface area contributed by atoms with E-state index in [1.54, 1.807) is 20.1 Å². The van der Waals surface area contributed by atoms with Crippen molar-refractivity contribution in [3.8, 4) is 0 Å². The molecule has 0 radical (unpaired) electrons. The van der Waals surface area contributed by atoms with E-state index in [4.69, 9.17) is 18.9 Å². The highest BCUT2D eigenvalue weighted by Crippen LogP contribution is 2.69. The quantitative estimate of drug-likeness (QED) is 0.524. The molecule has 0 aromatic rings. The van der Waals surface area contributed by atoms with Crippen LogP contribution in [0.4, 0.5) is 0 Å². The maximum Gasteiger partial charge on any atom is 0.311 e. The Bertz CT molecular complexity index is 1220. The summed E-state index contributed by atoms with van der Waals surface area (Å²) in [7, 11) is 0. The lowest BCUT2D eigenvalue weighted by molar-refractivity contribution is -0.331. The van der Waals surface area contributed by atoms with E-state index in [-0.39, 0.29) is 11.6 Å². The van der Waals surface area contributed by atoms with E-state index in [1.165, 1.54) is 6.92 Å². The van der Waals surface area contributed by atoms with Crippen LogP contribution >= 0.6 is 0 Å². The molecule has 35 heavy (non-hydrogen) atoms. The van der Waals surface area contributed by atoms with Gasteiger partial charge < -0.3 is 24.1 Å². The number of ketones is 2. The normalized spacial score (nSPS) is 52.7. The average molecular weight is 483 g/mol. The fraction of sp³-hybridized carbons (Fsp3) is 0.667. The van der Waals surface area contributed by atoms with Crippen LogP contribution in [-0.2, 0) is 33.3 Å². The van der Waals surface area contributed by atoms with Gasteiger partial charge in [0.1, 0.15) is 29.0 Å². The highest BCUT2D eigenvalue weighted by molar-refractivity contribution is 6.08. The minimum absolute atomic E-state index is 0.315. The van der Waals surface area contributed by atoms with E-state index >= 15 is 0 Å². The fourth-order valence-corrected chi connectivity index (χ4v) is 8.29. The third-order valence-electron chi connectivity index (χ3n) is 10.0. The second kappa shape index (κ2) is 5.98. The van der Waals surface area contributed by atoms with Crippen LogP contribution in [0, 0.1) is 23.2 Å². The lowest BCUT2D eigenvalue weighted by Gasteiger charge is -2.50. The zero-order valence-electron chi connectivity index (χ0n) is 20.5. The zero-order chi connectivity index (χ0) is 24.9. The Kier molecular flexibility index (Phi) is 3.75. The summed E-state index contributed by atoms with van der Waals surface area (Å²) in [4.78, 5) is 40.8. The highest BCUT2D eigenvalue weighted by Gasteiger charge is 2.82. The monoisotopic (exact) mass is 482 g/mol. The number of allylic oxidation sites excluding steroid dienone is 2. The van der Waals surface area contributed by atoms with Crippen molar-refractivity contribution in [2.75, 3.05) is 0 Å². The van der Waals surface area contributed by atoms with Crippen molar-refractivity contribution in [3.63, 3.8) is 0 Å². The number of hydrogen-bond donors (Lipinski definition) is 1. The Morgan fingerprint density at radius 3 is 2.46 bits per heavy atom. The topological polar surface area (TPSA) is 108 Å². The number of ether oxygens (including phenoxy) is 4. The van der Waals surface area contributed by atoms with Gasteiger partial charge in [-0.25, -0.2) is 0 Å². The van der Waals surface area contributed by atoms with Gasteiger partial charge in [0.15, 0.2) is 5.78 Å². The van der Waals surface area contributed by atoms with E-state index in [9.17, 15) is 19.5 Å². The molecule has 9 atom stereocenters. The summed E-state index contributed by atoms with van der Waals surface area (Å²) in [5.41, 5.74) is -1.89. The molecular weight excluding hydrogens is 452 g/mol. The molecule has 4 saturated heterocycles. The maximum atomic E-state index is 14.4. The molecule has 2 aliphatic carbocycles. The van der Waals surface area contributed by atoms with E-state index in [0.29, 0.717) is 24.8 Å². The van der Waals surface area contributed by atoms with Crippen molar-refractivity contribution in [3.05, 3.63) is 35.1 Å². The molecule has 0 aromatic heterocycles. The molecule has 0 aromatic carbocycles. The third kappa shape index (κ3) is 2.24. The van der Waals surface area contributed by atoms with Crippen molar-refractivity contribution in [1.29, 1.82) is 0 Å². The number of aliphatic hydroxyl groups is 1. The van der Waals surface area contributed by atoms with Crippen molar-refractivity contribution >= 4 is 17.5 Å². The van der Waals surface area contributed by atoms with Crippen LogP contribution < -0.4 is 0 Å². The second-order valence-electron chi connectivity index (χ2n) is 12.4. The summed E-state index contributed by atoms with van der Waals surface area (Å²) in [5.74, 6) is -5.14. The first-order valence-corrected chi connectivity index (χ1v) is 12.5. The first kappa shape index (κ1) is 21.9. The Balaban J connectivity index is 1.45. The van der Waals surface area contributed by atoms with E-state index in [2.05, 4.69) is 0 Å². The fourth-order valence-electron chi connectivity index (χ4n) is 8.29. The number of esters is 1. The number of hydrogen-bond acceptors (Lipinski definition) is 8. The number of carbonyl (C=O) groups is 3. The number of Topliss-reactive ketones (excluding diaryl/α,β-unsaturated/α-hetero) is 2. The Morgan fingerprint density at radius 2 is 1.71 bits per heavy atom. The van der Waals surface area contributed by atoms with Gasteiger partial charge in [-0.2, -0.15) is 0 Å². The van der Waals surface area contributed by atoms with Crippen LogP contribution in [-0.4, -0.2) is 57.4 Å².